The second kappa shape index (κ2) is 11.3. The van der Waals surface area contributed by atoms with E-state index in [4.69, 9.17) is 18.9 Å². The minimum Gasteiger partial charge on any atom is -0.497 e. The van der Waals surface area contributed by atoms with Crippen LogP contribution in [-0.4, -0.2) is 54.3 Å². The standard InChI is InChI=1S/C23H24BrN3O6S/c1-6-27-21(14-10-15(30-2)12-16(11-14)31-3)25-26-23(27)34-19(22(28)29)9-13-7-17(24)20(33-5)18(8-13)32-4/h7-12H,6H2,1-5H3,(H,28,29)/b19-9-. The van der Waals surface area contributed by atoms with Crippen molar-refractivity contribution in [3.05, 3.63) is 45.3 Å². The van der Waals surface area contributed by atoms with Crippen molar-refractivity contribution in [2.45, 2.75) is 18.6 Å². The van der Waals surface area contributed by atoms with Gasteiger partial charge in [-0.2, -0.15) is 0 Å². The molecule has 9 nitrogen and oxygen atoms in total. The Balaban J connectivity index is 2.02. The van der Waals surface area contributed by atoms with E-state index in [1.807, 2.05) is 23.6 Å². The summed E-state index contributed by atoms with van der Waals surface area (Å²) in [5.41, 5.74) is 1.36. The van der Waals surface area contributed by atoms with Crippen molar-refractivity contribution >= 4 is 39.7 Å². The average molecular weight is 550 g/mol. The first kappa shape index (κ1) is 25.4. The zero-order chi connectivity index (χ0) is 24.8. The molecular weight excluding hydrogens is 526 g/mol. The van der Waals surface area contributed by atoms with Crippen LogP contribution in [0.15, 0.2) is 44.9 Å². The number of nitrogens with zero attached hydrogens (tertiary/aromatic N) is 3. The number of thioether (sulfide) groups is 1. The van der Waals surface area contributed by atoms with Crippen molar-refractivity contribution < 1.29 is 28.8 Å². The maximum Gasteiger partial charge on any atom is 0.342 e. The number of benzene rings is 2. The topological polar surface area (TPSA) is 105 Å². The lowest BCUT2D eigenvalue weighted by Crippen LogP contribution is -2.03. The number of carbonyl (C=O) groups is 1. The Bertz CT molecular complexity index is 1210. The zero-order valence-electron chi connectivity index (χ0n) is 19.3. The number of ether oxygens (including phenoxy) is 4. The van der Waals surface area contributed by atoms with Gasteiger partial charge in [0.05, 0.1) is 32.9 Å². The summed E-state index contributed by atoms with van der Waals surface area (Å²) < 4.78 is 23.9. The third kappa shape index (κ3) is 5.48. The van der Waals surface area contributed by atoms with Crippen molar-refractivity contribution in [2.24, 2.45) is 0 Å². The van der Waals surface area contributed by atoms with Gasteiger partial charge in [0, 0.05) is 18.2 Å². The van der Waals surface area contributed by atoms with E-state index in [1.165, 1.54) is 14.2 Å². The molecule has 0 radical (unpaired) electrons. The summed E-state index contributed by atoms with van der Waals surface area (Å²) in [5.74, 6) is 1.70. The molecular formula is C23H24BrN3O6S. The molecule has 0 fully saturated rings. The summed E-state index contributed by atoms with van der Waals surface area (Å²) >= 11 is 4.44. The lowest BCUT2D eigenvalue weighted by molar-refractivity contribution is -0.131. The maximum atomic E-state index is 12.1. The van der Waals surface area contributed by atoms with Gasteiger partial charge in [0.15, 0.2) is 22.5 Å². The number of aromatic nitrogens is 3. The smallest absolute Gasteiger partial charge is 0.342 e. The van der Waals surface area contributed by atoms with Gasteiger partial charge in [-0.3, -0.25) is 0 Å². The second-order valence-electron chi connectivity index (χ2n) is 6.81. The van der Waals surface area contributed by atoms with Crippen LogP contribution in [-0.2, 0) is 11.3 Å². The number of hydrogen-bond acceptors (Lipinski definition) is 8. The molecule has 1 N–H and O–H groups in total. The highest BCUT2D eigenvalue weighted by Crippen LogP contribution is 2.38. The van der Waals surface area contributed by atoms with E-state index in [-0.39, 0.29) is 4.91 Å². The Hall–Kier alpha value is -3.18. The Labute approximate surface area is 209 Å². The summed E-state index contributed by atoms with van der Waals surface area (Å²) in [7, 11) is 6.19. The number of rotatable bonds is 10. The van der Waals surface area contributed by atoms with E-state index >= 15 is 0 Å². The third-order valence-corrected chi connectivity index (χ3v) is 6.39. The lowest BCUT2D eigenvalue weighted by Gasteiger charge is -2.12. The molecule has 0 atom stereocenters. The third-order valence-electron chi connectivity index (χ3n) is 4.81. The van der Waals surface area contributed by atoms with Crippen LogP contribution in [0.3, 0.4) is 0 Å². The van der Waals surface area contributed by atoms with Crippen LogP contribution in [0.25, 0.3) is 17.5 Å². The van der Waals surface area contributed by atoms with Gasteiger partial charge in [0.2, 0.25) is 0 Å². The molecule has 34 heavy (non-hydrogen) atoms. The molecule has 1 aromatic heterocycles. The number of methoxy groups -OCH3 is 4. The highest BCUT2D eigenvalue weighted by atomic mass is 79.9. The van der Waals surface area contributed by atoms with Crippen molar-refractivity contribution in [1.29, 1.82) is 0 Å². The van der Waals surface area contributed by atoms with Crippen LogP contribution in [0.2, 0.25) is 0 Å². The first-order chi connectivity index (χ1) is 16.3. The van der Waals surface area contributed by atoms with E-state index in [0.717, 1.165) is 17.3 Å². The number of hydrogen-bond donors (Lipinski definition) is 1. The predicted molar refractivity (Wildman–Crippen MR) is 133 cm³/mol. The Morgan fingerprint density at radius 2 is 1.71 bits per heavy atom. The molecule has 0 amide bonds. The lowest BCUT2D eigenvalue weighted by atomic mass is 10.2. The molecule has 0 aliphatic heterocycles. The maximum absolute atomic E-state index is 12.1. The van der Waals surface area contributed by atoms with E-state index in [9.17, 15) is 9.90 Å². The van der Waals surface area contributed by atoms with Gasteiger partial charge in [0.1, 0.15) is 16.4 Å². The van der Waals surface area contributed by atoms with Gasteiger partial charge >= 0.3 is 5.97 Å². The van der Waals surface area contributed by atoms with Crippen LogP contribution in [0.4, 0.5) is 0 Å². The molecule has 11 heteroatoms. The Morgan fingerprint density at radius 1 is 1.03 bits per heavy atom. The summed E-state index contributed by atoms with van der Waals surface area (Å²) in [6, 6.07) is 8.86. The van der Waals surface area contributed by atoms with Crippen molar-refractivity contribution in [1.82, 2.24) is 14.8 Å². The fourth-order valence-corrected chi connectivity index (χ4v) is 4.71. The molecule has 180 valence electrons. The first-order valence-corrected chi connectivity index (χ1v) is 11.7. The van der Waals surface area contributed by atoms with Gasteiger partial charge < -0.3 is 28.6 Å². The molecule has 0 aliphatic rings. The average Bonchev–Trinajstić information content (AvgIpc) is 3.25. The van der Waals surface area contributed by atoms with Gasteiger partial charge in [-0.1, -0.05) is 0 Å². The van der Waals surface area contributed by atoms with Crippen LogP contribution in [0.5, 0.6) is 23.0 Å². The predicted octanol–water partition coefficient (Wildman–Crippen LogP) is 4.98. The normalized spacial score (nSPS) is 11.3. The Morgan fingerprint density at radius 3 is 2.24 bits per heavy atom. The fraction of sp³-hybridized carbons (Fsp3) is 0.261. The fourth-order valence-electron chi connectivity index (χ4n) is 3.21. The van der Waals surface area contributed by atoms with Crippen LogP contribution in [0, 0.1) is 0 Å². The molecule has 0 aliphatic carbocycles. The van der Waals surface area contributed by atoms with Crippen LogP contribution >= 0.6 is 27.7 Å². The minimum atomic E-state index is -1.09. The van der Waals surface area contributed by atoms with E-state index in [0.29, 0.717) is 50.6 Å². The SMILES string of the molecule is CCn1c(S/C(=C\c2cc(Br)c(OC)c(OC)c2)C(=O)O)nnc1-c1cc(OC)cc(OC)c1. The number of aliphatic carboxylic acids is 1. The van der Waals surface area contributed by atoms with Gasteiger partial charge in [-0.25, -0.2) is 4.79 Å². The van der Waals surface area contributed by atoms with Crippen molar-refractivity contribution in [3.8, 4) is 34.4 Å². The highest BCUT2D eigenvalue weighted by Gasteiger charge is 2.20. The summed E-state index contributed by atoms with van der Waals surface area (Å²) in [6.45, 7) is 2.46. The first-order valence-electron chi connectivity index (χ1n) is 10.1. The molecule has 2 aromatic carbocycles. The molecule has 0 spiro atoms. The van der Waals surface area contributed by atoms with Gasteiger partial charge in [-0.05, 0) is 70.5 Å². The van der Waals surface area contributed by atoms with Crippen LogP contribution < -0.4 is 18.9 Å². The largest absolute Gasteiger partial charge is 0.497 e. The van der Waals surface area contributed by atoms with Gasteiger partial charge in [-0.15, -0.1) is 10.2 Å². The molecule has 0 saturated carbocycles. The number of halogens is 1. The summed E-state index contributed by atoms with van der Waals surface area (Å²) in [5, 5.41) is 18.9. The second-order valence-corrected chi connectivity index (χ2v) is 8.67. The summed E-state index contributed by atoms with van der Waals surface area (Å²) in [4.78, 5) is 12.1. The monoisotopic (exact) mass is 549 g/mol. The molecule has 1 heterocycles. The molecule has 0 saturated heterocycles. The van der Waals surface area contributed by atoms with Gasteiger partial charge in [0.25, 0.3) is 0 Å². The molecule has 0 unspecified atom stereocenters. The number of carboxylic acid groups (broad SMARTS) is 1. The van der Waals surface area contributed by atoms with Crippen LogP contribution in [0.1, 0.15) is 12.5 Å². The van der Waals surface area contributed by atoms with E-state index < -0.39 is 5.97 Å². The minimum absolute atomic E-state index is 0.0657. The zero-order valence-corrected chi connectivity index (χ0v) is 21.7. The quantitative estimate of drug-likeness (QED) is 0.276. The Kier molecular flexibility index (Phi) is 8.46. The molecule has 3 rings (SSSR count). The van der Waals surface area contributed by atoms with E-state index in [1.54, 1.807) is 38.5 Å². The number of carboxylic acids is 1. The van der Waals surface area contributed by atoms with E-state index in [2.05, 4.69) is 26.1 Å². The summed E-state index contributed by atoms with van der Waals surface area (Å²) in [6.07, 6.45) is 1.54. The highest BCUT2D eigenvalue weighted by molar-refractivity contribution is 9.10. The molecule has 3 aromatic rings. The van der Waals surface area contributed by atoms with Crippen molar-refractivity contribution in [2.75, 3.05) is 28.4 Å². The molecule has 0 bridgehead atoms. The van der Waals surface area contributed by atoms with Crippen molar-refractivity contribution in [3.63, 3.8) is 0 Å².